The molecule has 2 N–H and O–H groups in total. The van der Waals surface area contributed by atoms with Gasteiger partial charge < -0.3 is 10.3 Å². The molecule has 0 aromatic carbocycles. The van der Waals surface area contributed by atoms with E-state index >= 15 is 0 Å². The smallest absolute Gasteiger partial charge is 0.254 e. The molecule has 2 heterocycles. The lowest BCUT2D eigenvalue weighted by Crippen LogP contribution is -2.19. The maximum Gasteiger partial charge on any atom is 0.254 e. The highest BCUT2D eigenvalue weighted by molar-refractivity contribution is 6.00. The Kier molecular flexibility index (Phi) is 2.21. The average molecular weight is 232 g/mol. The summed E-state index contributed by atoms with van der Waals surface area (Å²) in [5.74, 6) is 0.341. The molecule has 1 aliphatic carbocycles. The second kappa shape index (κ2) is 3.61. The highest BCUT2D eigenvalue weighted by Gasteiger charge is 2.22. The van der Waals surface area contributed by atoms with Gasteiger partial charge in [0.1, 0.15) is 11.2 Å². The summed E-state index contributed by atoms with van der Waals surface area (Å²) in [4.78, 5) is 11.5. The first-order valence-corrected chi connectivity index (χ1v) is 6.00. The van der Waals surface area contributed by atoms with Crippen LogP contribution in [0.15, 0.2) is 12.4 Å². The van der Waals surface area contributed by atoms with Gasteiger partial charge in [-0.05, 0) is 25.7 Å². The van der Waals surface area contributed by atoms with E-state index in [0.717, 1.165) is 18.1 Å². The van der Waals surface area contributed by atoms with Crippen molar-refractivity contribution in [3.05, 3.63) is 23.7 Å². The first kappa shape index (κ1) is 10.4. The Morgan fingerprint density at radius 1 is 1.53 bits per heavy atom. The van der Waals surface area contributed by atoms with Gasteiger partial charge in [0.2, 0.25) is 0 Å². The third kappa shape index (κ3) is 1.53. The van der Waals surface area contributed by atoms with E-state index in [1.165, 1.54) is 19.3 Å². The highest BCUT2D eigenvalue weighted by atomic mass is 16.1. The molecular formula is C12H16N4O. The molecule has 5 nitrogen and oxygen atoms in total. The van der Waals surface area contributed by atoms with Crippen molar-refractivity contribution in [1.29, 1.82) is 0 Å². The summed E-state index contributed by atoms with van der Waals surface area (Å²) in [5.41, 5.74) is 7.51. The first-order chi connectivity index (χ1) is 8.16. The Morgan fingerprint density at radius 2 is 2.29 bits per heavy atom. The number of carbonyl (C=O) groups is 1. The molecule has 0 spiro atoms. The SMILES string of the molecule is Cc1nn2ccn(CC3CCC3)c2c1C(N)=O. The predicted octanol–water partition coefficient (Wildman–Crippen LogP) is 1.34. The summed E-state index contributed by atoms with van der Waals surface area (Å²) in [6, 6.07) is 0. The number of nitrogens with two attached hydrogens (primary N) is 1. The molecule has 0 bridgehead atoms. The van der Waals surface area contributed by atoms with E-state index in [2.05, 4.69) is 9.67 Å². The van der Waals surface area contributed by atoms with Crippen LogP contribution in [0.3, 0.4) is 0 Å². The molecule has 0 aliphatic heterocycles. The van der Waals surface area contributed by atoms with Crippen LogP contribution in [0.1, 0.15) is 35.3 Å². The van der Waals surface area contributed by atoms with Gasteiger partial charge in [-0.1, -0.05) is 6.42 Å². The summed E-state index contributed by atoms with van der Waals surface area (Å²) in [7, 11) is 0. The summed E-state index contributed by atoms with van der Waals surface area (Å²) < 4.78 is 3.85. The van der Waals surface area contributed by atoms with Crippen molar-refractivity contribution >= 4 is 11.6 Å². The molecule has 0 radical (unpaired) electrons. The number of aromatic nitrogens is 3. The molecule has 5 heteroatoms. The van der Waals surface area contributed by atoms with Crippen LogP contribution in [-0.4, -0.2) is 20.1 Å². The predicted molar refractivity (Wildman–Crippen MR) is 63.8 cm³/mol. The minimum Gasteiger partial charge on any atom is -0.365 e. The lowest BCUT2D eigenvalue weighted by molar-refractivity contribution is 0.100. The third-order valence-corrected chi connectivity index (χ3v) is 3.65. The van der Waals surface area contributed by atoms with Crippen LogP contribution in [0.25, 0.3) is 5.65 Å². The van der Waals surface area contributed by atoms with E-state index < -0.39 is 5.91 Å². The fraction of sp³-hybridized carbons (Fsp3) is 0.500. The van der Waals surface area contributed by atoms with Crippen LogP contribution in [0.5, 0.6) is 0 Å². The van der Waals surface area contributed by atoms with Crippen molar-refractivity contribution < 1.29 is 4.79 Å². The molecule has 90 valence electrons. The number of amides is 1. The van der Waals surface area contributed by atoms with Crippen molar-refractivity contribution in [3.63, 3.8) is 0 Å². The van der Waals surface area contributed by atoms with Crippen molar-refractivity contribution in [1.82, 2.24) is 14.2 Å². The van der Waals surface area contributed by atoms with E-state index in [1.54, 1.807) is 4.52 Å². The molecular weight excluding hydrogens is 216 g/mol. The molecule has 0 atom stereocenters. The van der Waals surface area contributed by atoms with E-state index in [9.17, 15) is 4.79 Å². The number of aryl methyl sites for hydroxylation is 1. The first-order valence-electron chi connectivity index (χ1n) is 6.00. The van der Waals surface area contributed by atoms with Crippen molar-refractivity contribution in [3.8, 4) is 0 Å². The molecule has 0 saturated heterocycles. The van der Waals surface area contributed by atoms with E-state index in [4.69, 9.17) is 5.73 Å². The third-order valence-electron chi connectivity index (χ3n) is 3.65. The monoisotopic (exact) mass is 232 g/mol. The molecule has 1 aliphatic rings. The molecule has 17 heavy (non-hydrogen) atoms. The maximum absolute atomic E-state index is 11.5. The fourth-order valence-electron chi connectivity index (χ4n) is 2.52. The zero-order chi connectivity index (χ0) is 12.0. The normalized spacial score (nSPS) is 16.3. The van der Waals surface area contributed by atoms with Crippen LogP contribution in [-0.2, 0) is 6.54 Å². The number of primary amides is 1. The Hall–Kier alpha value is -1.78. The van der Waals surface area contributed by atoms with Gasteiger partial charge in [-0.2, -0.15) is 5.10 Å². The van der Waals surface area contributed by atoms with Crippen molar-refractivity contribution in [2.75, 3.05) is 0 Å². The van der Waals surface area contributed by atoms with Crippen molar-refractivity contribution in [2.45, 2.75) is 32.7 Å². The Labute approximate surface area is 99.2 Å². The van der Waals surface area contributed by atoms with Crippen LogP contribution >= 0.6 is 0 Å². The van der Waals surface area contributed by atoms with Gasteiger partial charge in [0.05, 0.1) is 5.69 Å². The Morgan fingerprint density at radius 3 is 2.88 bits per heavy atom. The van der Waals surface area contributed by atoms with E-state index in [1.807, 2.05) is 19.3 Å². The van der Waals surface area contributed by atoms with Gasteiger partial charge in [-0.15, -0.1) is 0 Å². The van der Waals surface area contributed by atoms with Gasteiger partial charge in [-0.3, -0.25) is 4.79 Å². The fourth-order valence-corrected chi connectivity index (χ4v) is 2.52. The van der Waals surface area contributed by atoms with Crippen LogP contribution < -0.4 is 5.73 Å². The van der Waals surface area contributed by atoms with Gasteiger partial charge in [0.15, 0.2) is 0 Å². The average Bonchev–Trinajstić information content (AvgIpc) is 2.69. The summed E-state index contributed by atoms with van der Waals surface area (Å²) in [6.07, 6.45) is 7.75. The number of hydrogen-bond donors (Lipinski definition) is 1. The quantitative estimate of drug-likeness (QED) is 0.868. The van der Waals surface area contributed by atoms with Crippen LogP contribution in [0, 0.1) is 12.8 Å². The number of rotatable bonds is 3. The van der Waals surface area contributed by atoms with Crippen LogP contribution in [0.2, 0.25) is 0 Å². The highest BCUT2D eigenvalue weighted by Crippen LogP contribution is 2.29. The number of hydrogen-bond acceptors (Lipinski definition) is 2. The molecule has 1 amide bonds. The lowest BCUT2D eigenvalue weighted by atomic mass is 9.85. The van der Waals surface area contributed by atoms with Gasteiger partial charge in [-0.25, -0.2) is 4.52 Å². The Bertz CT molecular complexity index is 577. The van der Waals surface area contributed by atoms with Crippen molar-refractivity contribution in [2.24, 2.45) is 11.7 Å². The lowest BCUT2D eigenvalue weighted by Gasteiger charge is -2.25. The molecule has 3 rings (SSSR count). The molecule has 1 fully saturated rings. The van der Waals surface area contributed by atoms with Gasteiger partial charge in [0.25, 0.3) is 5.91 Å². The number of fused-ring (bicyclic) bond motifs is 1. The standard InChI is InChI=1S/C12H16N4O/c1-8-10(11(13)17)12-15(5-6-16(12)14-8)7-9-3-2-4-9/h5-6,9H,2-4,7H2,1H3,(H2,13,17). The maximum atomic E-state index is 11.5. The zero-order valence-electron chi connectivity index (χ0n) is 9.89. The summed E-state index contributed by atoms with van der Waals surface area (Å²) in [6.45, 7) is 2.78. The molecule has 1 saturated carbocycles. The number of carbonyl (C=O) groups excluding carboxylic acids is 1. The Balaban J connectivity index is 2.08. The minimum atomic E-state index is -0.397. The molecule has 2 aromatic rings. The van der Waals surface area contributed by atoms with Gasteiger partial charge in [0, 0.05) is 18.9 Å². The number of imidazole rings is 1. The molecule has 2 aromatic heterocycles. The number of nitrogens with zero attached hydrogens (tertiary/aromatic N) is 3. The van der Waals surface area contributed by atoms with Crippen LogP contribution in [0.4, 0.5) is 0 Å². The van der Waals surface area contributed by atoms with E-state index in [0.29, 0.717) is 11.3 Å². The second-order valence-corrected chi connectivity index (χ2v) is 4.84. The zero-order valence-corrected chi connectivity index (χ0v) is 9.89. The summed E-state index contributed by atoms with van der Waals surface area (Å²) in [5, 5.41) is 4.30. The van der Waals surface area contributed by atoms with E-state index in [-0.39, 0.29) is 0 Å². The minimum absolute atomic E-state index is 0.397. The van der Waals surface area contributed by atoms with Gasteiger partial charge >= 0.3 is 0 Å². The second-order valence-electron chi connectivity index (χ2n) is 4.84. The topological polar surface area (TPSA) is 65.3 Å². The summed E-state index contributed by atoms with van der Waals surface area (Å²) >= 11 is 0. The molecule has 0 unspecified atom stereocenters. The largest absolute Gasteiger partial charge is 0.365 e.